The maximum absolute atomic E-state index is 10.4. The first kappa shape index (κ1) is 15.3. The topological polar surface area (TPSA) is 38.7 Å². The Hall–Kier alpha value is -0.650. The van der Waals surface area contributed by atoms with Crippen LogP contribution in [0.5, 0.6) is 0 Å². The second-order valence-electron chi connectivity index (χ2n) is 5.99. The van der Waals surface area contributed by atoms with Crippen molar-refractivity contribution in [3.8, 4) is 0 Å². The van der Waals surface area contributed by atoms with Crippen LogP contribution in [0.15, 0.2) is 18.2 Å². The molecule has 1 unspecified atom stereocenters. The van der Waals surface area contributed by atoms with E-state index in [2.05, 4.69) is 21.2 Å². The van der Waals surface area contributed by atoms with Gasteiger partial charge in [0.05, 0.1) is 0 Å². The van der Waals surface area contributed by atoms with Gasteiger partial charge in [-0.1, -0.05) is 23.7 Å². The summed E-state index contributed by atoms with van der Waals surface area (Å²) in [6.07, 6.45) is 1.83. The van der Waals surface area contributed by atoms with E-state index in [1.165, 1.54) is 12.8 Å². The fraction of sp³-hybridized carbons (Fsp3) is 0.625. The molecule has 21 heavy (non-hydrogen) atoms. The molecule has 4 nitrogen and oxygen atoms in total. The molecule has 116 valence electrons. The van der Waals surface area contributed by atoms with Gasteiger partial charge >= 0.3 is 0 Å². The van der Waals surface area contributed by atoms with Crippen LogP contribution in [0.3, 0.4) is 0 Å². The predicted octanol–water partition coefficient (Wildman–Crippen LogP) is 1.83. The number of halogens is 1. The fourth-order valence-electron chi connectivity index (χ4n) is 3.16. The van der Waals surface area contributed by atoms with Crippen LogP contribution in [-0.4, -0.2) is 54.2 Å². The number of piperazine rings is 1. The van der Waals surface area contributed by atoms with E-state index in [-0.39, 0.29) is 0 Å². The molecule has 2 saturated heterocycles. The number of nitrogens with zero attached hydrogens (tertiary/aromatic N) is 2. The summed E-state index contributed by atoms with van der Waals surface area (Å²) >= 11 is 6.43. The van der Waals surface area contributed by atoms with Gasteiger partial charge in [-0.05, 0) is 30.0 Å². The fourth-order valence-corrected chi connectivity index (χ4v) is 3.41. The van der Waals surface area contributed by atoms with Gasteiger partial charge in [-0.25, -0.2) is 0 Å². The van der Waals surface area contributed by atoms with Gasteiger partial charge < -0.3 is 10.4 Å². The summed E-state index contributed by atoms with van der Waals surface area (Å²) < 4.78 is 0. The lowest BCUT2D eigenvalue weighted by Crippen LogP contribution is -2.42. The van der Waals surface area contributed by atoms with E-state index in [1.54, 1.807) is 0 Å². The first-order valence-electron chi connectivity index (χ1n) is 7.87. The molecule has 0 saturated carbocycles. The van der Waals surface area contributed by atoms with Crippen molar-refractivity contribution in [2.24, 2.45) is 0 Å². The highest BCUT2D eigenvalue weighted by Gasteiger charge is 2.22. The molecule has 0 spiro atoms. The lowest BCUT2D eigenvalue weighted by Gasteiger charge is -2.28. The highest BCUT2D eigenvalue weighted by atomic mass is 35.5. The lowest BCUT2D eigenvalue weighted by molar-refractivity contribution is 0.0190. The molecule has 3 rings (SSSR count). The molecule has 2 heterocycles. The molecule has 0 bridgehead atoms. The average Bonchev–Trinajstić information content (AvgIpc) is 3.04. The highest BCUT2D eigenvalue weighted by Crippen LogP contribution is 2.27. The molecule has 5 heteroatoms. The molecule has 1 aromatic rings. The van der Waals surface area contributed by atoms with Gasteiger partial charge in [0.1, 0.15) is 6.23 Å². The predicted molar refractivity (Wildman–Crippen MR) is 85.4 cm³/mol. The third-order valence-corrected chi connectivity index (χ3v) is 4.82. The summed E-state index contributed by atoms with van der Waals surface area (Å²) in [6, 6.07) is 6.02. The van der Waals surface area contributed by atoms with Gasteiger partial charge in [0.2, 0.25) is 0 Å². The molecule has 2 fully saturated rings. The molecular weight excluding hydrogens is 286 g/mol. The Morgan fingerprint density at radius 2 is 1.86 bits per heavy atom. The summed E-state index contributed by atoms with van der Waals surface area (Å²) in [5, 5.41) is 14.5. The molecule has 0 radical (unpaired) electrons. The number of benzene rings is 1. The molecule has 1 aromatic carbocycles. The Labute approximate surface area is 131 Å². The van der Waals surface area contributed by atoms with Crippen molar-refractivity contribution in [1.82, 2.24) is 15.1 Å². The number of hydrogen-bond acceptors (Lipinski definition) is 4. The Bertz CT molecular complexity index is 471. The Morgan fingerprint density at radius 3 is 2.52 bits per heavy atom. The van der Waals surface area contributed by atoms with Gasteiger partial charge in [0, 0.05) is 50.8 Å². The minimum atomic E-state index is -0.516. The monoisotopic (exact) mass is 309 g/mol. The first-order chi connectivity index (χ1) is 10.2. The van der Waals surface area contributed by atoms with E-state index in [9.17, 15) is 5.11 Å². The van der Waals surface area contributed by atoms with Crippen LogP contribution >= 0.6 is 11.6 Å². The number of aliphatic hydroxyl groups is 1. The maximum atomic E-state index is 10.4. The molecule has 0 aliphatic carbocycles. The molecule has 2 N–H and O–H groups in total. The van der Waals surface area contributed by atoms with Crippen LogP contribution in [0.25, 0.3) is 0 Å². The van der Waals surface area contributed by atoms with Crippen molar-refractivity contribution < 1.29 is 5.11 Å². The van der Waals surface area contributed by atoms with Crippen molar-refractivity contribution in [3.63, 3.8) is 0 Å². The van der Waals surface area contributed by atoms with Crippen molar-refractivity contribution in [1.29, 1.82) is 0 Å². The Kier molecular flexibility index (Phi) is 5.14. The minimum Gasteiger partial charge on any atom is -0.374 e. The maximum Gasteiger partial charge on any atom is 0.133 e. The van der Waals surface area contributed by atoms with Crippen LogP contribution in [0.4, 0.5) is 0 Å². The van der Waals surface area contributed by atoms with Gasteiger partial charge in [0.25, 0.3) is 0 Å². The summed E-state index contributed by atoms with van der Waals surface area (Å²) in [5.41, 5.74) is 2.06. The second kappa shape index (κ2) is 7.07. The van der Waals surface area contributed by atoms with E-state index in [1.807, 2.05) is 12.1 Å². The number of hydrogen-bond donors (Lipinski definition) is 2. The molecular formula is C16H24ClN3O. The van der Waals surface area contributed by atoms with E-state index in [0.717, 1.165) is 62.0 Å². The third-order valence-electron chi connectivity index (χ3n) is 4.47. The smallest absolute Gasteiger partial charge is 0.133 e. The van der Waals surface area contributed by atoms with Crippen molar-refractivity contribution in [2.45, 2.75) is 25.6 Å². The standard InChI is InChI=1S/C16H24ClN3O/c17-15-11-13(16(21)20-7-1-2-8-20)3-4-14(15)12-19-9-5-18-6-10-19/h3-4,11,16,18,21H,1-2,5-10,12H2. The first-order valence-corrected chi connectivity index (χ1v) is 8.25. The largest absolute Gasteiger partial charge is 0.374 e. The van der Waals surface area contributed by atoms with E-state index >= 15 is 0 Å². The SMILES string of the molecule is OC(c1ccc(CN2CCNCC2)c(Cl)c1)N1CCCC1. The second-order valence-corrected chi connectivity index (χ2v) is 6.40. The van der Waals surface area contributed by atoms with Crippen LogP contribution in [-0.2, 0) is 6.54 Å². The van der Waals surface area contributed by atoms with Gasteiger partial charge in [0.15, 0.2) is 0 Å². The normalized spacial score (nSPS) is 22.6. The molecule has 1 atom stereocenters. The zero-order chi connectivity index (χ0) is 14.7. The quantitative estimate of drug-likeness (QED) is 0.890. The van der Waals surface area contributed by atoms with E-state index in [4.69, 9.17) is 11.6 Å². The molecule has 2 aliphatic heterocycles. The van der Waals surface area contributed by atoms with Gasteiger partial charge in [-0.2, -0.15) is 0 Å². The minimum absolute atomic E-state index is 0.516. The van der Waals surface area contributed by atoms with Crippen LogP contribution < -0.4 is 5.32 Å². The number of aliphatic hydroxyl groups excluding tert-OH is 1. The third kappa shape index (κ3) is 3.76. The lowest BCUT2D eigenvalue weighted by atomic mass is 10.1. The molecule has 0 aromatic heterocycles. The molecule has 0 amide bonds. The number of rotatable bonds is 4. The average molecular weight is 310 g/mol. The summed E-state index contributed by atoms with van der Waals surface area (Å²) in [6.45, 7) is 7.05. The van der Waals surface area contributed by atoms with Crippen LogP contribution in [0.2, 0.25) is 5.02 Å². The van der Waals surface area contributed by atoms with Crippen molar-refractivity contribution in [3.05, 3.63) is 34.3 Å². The van der Waals surface area contributed by atoms with E-state index < -0.39 is 6.23 Å². The Balaban J connectivity index is 1.66. The zero-order valence-electron chi connectivity index (χ0n) is 12.4. The zero-order valence-corrected chi connectivity index (χ0v) is 13.1. The van der Waals surface area contributed by atoms with Crippen molar-refractivity contribution >= 4 is 11.6 Å². The van der Waals surface area contributed by atoms with Crippen LogP contribution in [0.1, 0.15) is 30.2 Å². The van der Waals surface area contributed by atoms with E-state index in [0.29, 0.717) is 0 Å². The summed E-state index contributed by atoms with van der Waals surface area (Å²) in [4.78, 5) is 4.52. The number of likely N-dealkylation sites (tertiary alicyclic amines) is 1. The number of nitrogens with one attached hydrogen (secondary N) is 1. The summed E-state index contributed by atoms with van der Waals surface area (Å²) in [5.74, 6) is 0. The Morgan fingerprint density at radius 1 is 1.14 bits per heavy atom. The van der Waals surface area contributed by atoms with Crippen LogP contribution in [0, 0.1) is 0 Å². The van der Waals surface area contributed by atoms with Gasteiger partial charge in [-0.3, -0.25) is 9.80 Å². The van der Waals surface area contributed by atoms with Crippen molar-refractivity contribution in [2.75, 3.05) is 39.3 Å². The molecule has 2 aliphatic rings. The highest BCUT2D eigenvalue weighted by molar-refractivity contribution is 6.31. The van der Waals surface area contributed by atoms with Gasteiger partial charge in [-0.15, -0.1) is 0 Å². The summed E-state index contributed by atoms with van der Waals surface area (Å²) in [7, 11) is 0.